The van der Waals surface area contributed by atoms with Crippen LogP contribution in [-0.2, 0) is 19.1 Å². The molecule has 5 heteroatoms. The number of allylic oxidation sites excluding steroid dienone is 18. The summed E-state index contributed by atoms with van der Waals surface area (Å²) < 4.78 is 10.7. The van der Waals surface area contributed by atoms with Crippen LogP contribution in [-0.4, -0.2) is 36.4 Å². The molecule has 0 spiro atoms. The zero-order valence-corrected chi connectivity index (χ0v) is 52.8. The Kier molecular flexibility index (Phi) is 66.8. The van der Waals surface area contributed by atoms with Crippen LogP contribution in [0.25, 0.3) is 0 Å². The van der Waals surface area contributed by atoms with Crippen molar-refractivity contribution in [2.45, 2.75) is 341 Å². The molecule has 1 atom stereocenters. The van der Waals surface area contributed by atoms with Crippen molar-refractivity contribution in [3.63, 3.8) is 0 Å². The second-order valence-electron chi connectivity index (χ2n) is 22.9. The molecule has 5 nitrogen and oxygen atoms in total. The number of carbonyl (C=O) groups is 2. The van der Waals surface area contributed by atoms with Gasteiger partial charge in [0.15, 0.2) is 6.10 Å². The lowest BCUT2D eigenvalue weighted by Crippen LogP contribution is -2.28. The molecule has 1 N–H and O–H groups in total. The summed E-state index contributed by atoms with van der Waals surface area (Å²) in [5.74, 6) is -0.592. The van der Waals surface area contributed by atoms with Crippen molar-refractivity contribution >= 4 is 11.9 Å². The number of carbonyl (C=O) groups excluding carboxylic acids is 2. The van der Waals surface area contributed by atoms with Gasteiger partial charge >= 0.3 is 11.9 Å². The van der Waals surface area contributed by atoms with E-state index in [1.165, 1.54) is 212 Å². The minimum Gasteiger partial charge on any atom is -0.462 e. The molecule has 460 valence electrons. The van der Waals surface area contributed by atoms with Crippen molar-refractivity contribution in [2.24, 2.45) is 0 Å². The third-order valence-electron chi connectivity index (χ3n) is 15.1. The van der Waals surface area contributed by atoms with Crippen LogP contribution in [0.3, 0.4) is 0 Å². The fraction of sp³-hybridized carbons (Fsp3) is 0.733. The van der Waals surface area contributed by atoms with Crippen molar-refractivity contribution < 1.29 is 24.2 Å². The topological polar surface area (TPSA) is 72.8 Å². The summed E-state index contributed by atoms with van der Waals surface area (Å²) in [6.45, 7) is 4.03. The number of rotatable bonds is 63. The smallest absolute Gasteiger partial charge is 0.306 e. The van der Waals surface area contributed by atoms with Crippen molar-refractivity contribution in [1.29, 1.82) is 0 Å². The number of hydrogen-bond acceptors (Lipinski definition) is 5. The zero-order valence-electron chi connectivity index (χ0n) is 52.8. The Hall–Kier alpha value is -3.44. The van der Waals surface area contributed by atoms with Gasteiger partial charge in [-0.1, -0.05) is 329 Å². The van der Waals surface area contributed by atoms with Crippen molar-refractivity contribution in [1.82, 2.24) is 0 Å². The summed E-state index contributed by atoms with van der Waals surface area (Å²) in [5.41, 5.74) is 0. The van der Waals surface area contributed by atoms with Gasteiger partial charge in [0.2, 0.25) is 0 Å². The van der Waals surface area contributed by atoms with Gasteiger partial charge in [0, 0.05) is 12.8 Å². The first kappa shape index (κ1) is 76.6. The molecule has 0 aromatic rings. The maximum Gasteiger partial charge on any atom is 0.306 e. The molecular formula is C75H130O5. The van der Waals surface area contributed by atoms with Crippen molar-refractivity contribution in [3.8, 4) is 0 Å². The van der Waals surface area contributed by atoms with Gasteiger partial charge < -0.3 is 14.6 Å². The van der Waals surface area contributed by atoms with Crippen LogP contribution in [0.15, 0.2) is 109 Å². The summed E-state index contributed by atoms with van der Waals surface area (Å²) in [6.07, 6.45) is 101. The molecule has 0 saturated heterocycles. The van der Waals surface area contributed by atoms with E-state index in [1.807, 2.05) is 0 Å². The van der Waals surface area contributed by atoms with Crippen molar-refractivity contribution in [2.75, 3.05) is 13.2 Å². The van der Waals surface area contributed by atoms with E-state index in [-0.39, 0.29) is 25.2 Å². The molecule has 0 heterocycles. The van der Waals surface area contributed by atoms with Gasteiger partial charge in [0.25, 0.3) is 0 Å². The molecule has 0 aliphatic heterocycles. The minimum atomic E-state index is -0.783. The van der Waals surface area contributed by atoms with Gasteiger partial charge in [0.1, 0.15) is 6.61 Å². The highest BCUT2D eigenvalue weighted by molar-refractivity contribution is 5.70. The first-order valence-electron chi connectivity index (χ1n) is 34.4. The van der Waals surface area contributed by atoms with E-state index in [2.05, 4.69) is 123 Å². The van der Waals surface area contributed by atoms with Crippen LogP contribution in [0.1, 0.15) is 335 Å². The SMILES string of the molecule is CC/C=C\C/C=C\C/C=C\C/C=C\C/C=C\C/C=C\CCCCCCCCCCC(=O)OC(CO)COC(=O)CCCCCCCCCCCCCCCCCCCCCCCCCC/C=C\C/C=C\C/C=C\CCCCCCC. The van der Waals surface area contributed by atoms with Crippen LogP contribution < -0.4 is 0 Å². The largest absolute Gasteiger partial charge is 0.462 e. The highest BCUT2D eigenvalue weighted by atomic mass is 16.6. The van der Waals surface area contributed by atoms with Gasteiger partial charge in [-0.2, -0.15) is 0 Å². The quantitative estimate of drug-likeness (QED) is 0.0373. The summed E-state index contributed by atoms with van der Waals surface area (Å²) >= 11 is 0. The first-order chi connectivity index (χ1) is 39.6. The van der Waals surface area contributed by atoms with Gasteiger partial charge in [-0.3, -0.25) is 9.59 Å². The lowest BCUT2D eigenvalue weighted by atomic mass is 10.0. The predicted octanol–water partition coefficient (Wildman–Crippen LogP) is 24.0. The Morgan fingerprint density at radius 3 is 0.812 bits per heavy atom. The zero-order chi connectivity index (χ0) is 57.6. The normalized spacial score (nSPS) is 12.9. The molecule has 0 radical (unpaired) electrons. The minimum absolute atomic E-state index is 0.0713. The van der Waals surface area contributed by atoms with E-state index in [4.69, 9.17) is 9.47 Å². The summed E-state index contributed by atoms with van der Waals surface area (Å²) in [4.78, 5) is 24.6. The third-order valence-corrected chi connectivity index (χ3v) is 15.1. The van der Waals surface area contributed by atoms with Crippen LogP contribution >= 0.6 is 0 Å². The summed E-state index contributed by atoms with van der Waals surface area (Å²) in [6, 6.07) is 0. The lowest BCUT2D eigenvalue weighted by Gasteiger charge is -2.15. The Labute approximate surface area is 497 Å². The number of hydrogen-bond donors (Lipinski definition) is 1. The molecule has 0 fully saturated rings. The second kappa shape index (κ2) is 69.8. The standard InChI is InChI=1S/C75H130O5/c1-3-5-7-9-11-13-15-17-19-21-23-25-27-29-31-32-33-34-35-36-37-38-39-40-41-42-44-45-47-49-51-53-55-57-59-61-63-65-67-69-74(77)79-72-73(71-76)80-75(78)70-68-66-64-62-60-58-56-54-52-50-48-46-43-30-28-26-24-22-20-18-16-14-12-10-8-6-4-2/h6,8,12,14-15,17-18,20-21,23-24,26-27,29-30,43,48,50,73,76H,3-5,7,9-11,13,16,19,22,25,28,31-42,44-47,49,51-72H2,1-2H3/b8-6-,14-12-,17-15-,20-18-,23-21-,26-24-,29-27-,43-30-,50-48-. The molecule has 0 amide bonds. The Balaban J connectivity index is 3.45. The van der Waals surface area contributed by atoms with Crippen LogP contribution in [0, 0.1) is 0 Å². The van der Waals surface area contributed by atoms with Crippen LogP contribution in [0.4, 0.5) is 0 Å². The average molecular weight is 1110 g/mol. The molecule has 0 aliphatic rings. The molecular weight excluding hydrogens is 981 g/mol. The molecule has 0 rings (SSSR count). The molecule has 80 heavy (non-hydrogen) atoms. The molecule has 0 aliphatic carbocycles. The Bertz CT molecular complexity index is 1540. The van der Waals surface area contributed by atoms with Gasteiger partial charge in [0.05, 0.1) is 6.61 Å². The highest BCUT2D eigenvalue weighted by Gasteiger charge is 2.16. The molecule has 0 bridgehead atoms. The molecule has 0 aromatic heterocycles. The number of aliphatic hydroxyl groups excluding tert-OH is 1. The summed E-state index contributed by atoms with van der Waals surface area (Å²) in [5, 5.41) is 9.69. The number of esters is 2. The predicted molar refractivity (Wildman–Crippen MR) is 352 cm³/mol. The fourth-order valence-corrected chi connectivity index (χ4v) is 9.92. The van der Waals surface area contributed by atoms with E-state index in [0.717, 1.165) is 96.3 Å². The van der Waals surface area contributed by atoms with Gasteiger partial charge in [-0.15, -0.1) is 0 Å². The number of ether oxygens (including phenoxy) is 2. The summed E-state index contributed by atoms with van der Waals surface area (Å²) in [7, 11) is 0. The van der Waals surface area contributed by atoms with Crippen molar-refractivity contribution in [3.05, 3.63) is 109 Å². The highest BCUT2D eigenvalue weighted by Crippen LogP contribution is 2.18. The fourth-order valence-electron chi connectivity index (χ4n) is 9.92. The number of unbranched alkanes of at least 4 members (excludes halogenated alkanes) is 37. The maximum absolute atomic E-state index is 12.3. The molecule has 0 saturated carbocycles. The van der Waals surface area contributed by atoms with E-state index in [9.17, 15) is 14.7 Å². The lowest BCUT2D eigenvalue weighted by molar-refractivity contribution is -0.161. The Morgan fingerprint density at radius 2 is 0.537 bits per heavy atom. The van der Waals surface area contributed by atoms with E-state index >= 15 is 0 Å². The maximum atomic E-state index is 12.3. The first-order valence-corrected chi connectivity index (χ1v) is 34.4. The van der Waals surface area contributed by atoms with Gasteiger partial charge in [-0.25, -0.2) is 0 Å². The third kappa shape index (κ3) is 67.1. The molecule has 1 unspecified atom stereocenters. The Morgan fingerprint density at radius 1 is 0.300 bits per heavy atom. The van der Waals surface area contributed by atoms with E-state index < -0.39 is 6.10 Å². The second-order valence-corrected chi connectivity index (χ2v) is 22.9. The average Bonchev–Trinajstić information content (AvgIpc) is 3.46. The monoisotopic (exact) mass is 1110 g/mol. The van der Waals surface area contributed by atoms with Crippen LogP contribution in [0.2, 0.25) is 0 Å². The van der Waals surface area contributed by atoms with E-state index in [0.29, 0.717) is 12.8 Å². The number of aliphatic hydroxyl groups is 1. The van der Waals surface area contributed by atoms with Crippen LogP contribution in [0.5, 0.6) is 0 Å². The van der Waals surface area contributed by atoms with Gasteiger partial charge in [-0.05, 0) is 103 Å². The van der Waals surface area contributed by atoms with E-state index in [1.54, 1.807) is 0 Å². The molecule has 0 aromatic carbocycles.